The molecular weight excluding hydrogens is 334 g/mol. The Labute approximate surface area is 145 Å². The van der Waals surface area contributed by atoms with Gasteiger partial charge in [-0.2, -0.15) is 0 Å². The molecular formula is C18H17N3O3Si. The van der Waals surface area contributed by atoms with Crippen LogP contribution < -0.4 is 16.6 Å². The number of aromatic nitrogens is 1. The van der Waals surface area contributed by atoms with Crippen LogP contribution in [0.2, 0.25) is 19.6 Å². The van der Waals surface area contributed by atoms with Crippen LogP contribution in [0.25, 0.3) is 5.69 Å². The summed E-state index contributed by atoms with van der Waals surface area (Å²) in [6.07, 6.45) is 0. The number of benzene rings is 1. The first-order valence-electron chi connectivity index (χ1n) is 7.72. The van der Waals surface area contributed by atoms with Crippen molar-refractivity contribution >= 4 is 25.7 Å². The lowest BCUT2D eigenvalue weighted by Crippen LogP contribution is -2.24. The van der Waals surface area contributed by atoms with Crippen molar-refractivity contribution in [3.8, 4) is 17.2 Å². The van der Waals surface area contributed by atoms with E-state index in [0.29, 0.717) is 5.69 Å². The van der Waals surface area contributed by atoms with E-state index in [4.69, 9.17) is 5.73 Å². The summed E-state index contributed by atoms with van der Waals surface area (Å²) in [5, 5.41) is 2.15. The van der Waals surface area contributed by atoms with E-state index in [2.05, 4.69) is 36.4 Å². The normalized spacial score (nSPS) is 13.1. The molecule has 2 aromatic rings. The van der Waals surface area contributed by atoms with Crippen LogP contribution in [0.5, 0.6) is 0 Å². The summed E-state index contributed by atoms with van der Waals surface area (Å²) in [6.45, 7) is 6.42. The minimum absolute atomic E-state index is 0.0124. The van der Waals surface area contributed by atoms with Crippen molar-refractivity contribution in [3.05, 3.63) is 57.4 Å². The van der Waals surface area contributed by atoms with Gasteiger partial charge in [-0.3, -0.25) is 24.3 Å². The number of rotatable bonds is 1. The predicted octanol–water partition coefficient (Wildman–Crippen LogP) is 1.53. The third-order valence-corrected chi connectivity index (χ3v) is 4.51. The van der Waals surface area contributed by atoms with Crippen LogP contribution >= 0.6 is 0 Å². The van der Waals surface area contributed by atoms with Gasteiger partial charge in [0.15, 0.2) is 0 Å². The number of pyridine rings is 1. The van der Waals surface area contributed by atoms with Gasteiger partial charge >= 0.3 is 0 Å². The van der Waals surface area contributed by atoms with Crippen molar-refractivity contribution in [2.45, 2.75) is 19.6 Å². The summed E-state index contributed by atoms with van der Waals surface area (Å²) < 4.78 is 1.22. The van der Waals surface area contributed by atoms with Gasteiger partial charge in [-0.1, -0.05) is 31.6 Å². The van der Waals surface area contributed by atoms with Crippen LogP contribution in [0.3, 0.4) is 0 Å². The molecule has 126 valence electrons. The number of hydrogen-bond donors (Lipinski definition) is 2. The summed E-state index contributed by atoms with van der Waals surface area (Å²) in [7, 11) is -1.53. The Morgan fingerprint density at radius 1 is 1.08 bits per heavy atom. The number of carbonyl (C=O) groups is 2. The summed E-state index contributed by atoms with van der Waals surface area (Å²) in [5.41, 5.74) is 10.1. The number of anilines is 1. The van der Waals surface area contributed by atoms with E-state index in [-0.39, 0.29) is 16.9 Å². The first-order valence-corrected chi connectivity index (χ1v) is 11.2. The standard InChI is InChI=1S/C18H17N3O3Si/c1-25(2,3)8-7-11-5-4-6-12(9-11)21-14(22)10-13-15(16(21)19)18(24)20-17(13)23/h4-6,9-10H,19H2,1-3H3,(H,20,23,24). The Bertz CT molecular complexity index is 1040. The van der Waals surface area contributed by atoms with Gasteiger partial charge in [0.25, 0.3) is 17.4 Å². The molecule has 0 atom stereocenters. The van der Waals surface area contributed by atoms with E-state index >= 15 is 0 Å². The fourth-order valence-corrected chi connectivity index (χ4v) is 3.05. The van der Waals surface area contributed by atoms with Gasteiger partial charge in [-0.05, 0) is 18.2 Å². The lowest BCUT2D eigenvalue weighted by molar-refractivity contribution is 0.0880. The number of amides is 2. The van der Waals surface area contributed by atoms with Crippen LogP contribution in [0, 0.1) is 11.5 Å². The second-order valence-electron chi connectivity index (χ2n) is 6.83. The highest BCUT2D eigenvalue weighted by molar-refractivity contribution is 6.83. The minimum Gasteiger partial charge on any atom is -0.384 e. The Hall–Kier alpha value is -3.11. The Morgan fingerprint density at radius 2 is 1.80 bits per heavy atom. The quantitative estimate of drug-likeness (QED) is 0.463. The summed E-state index contributed by atoms with van der Waals surface area (Å²) in [4.78, 5) is 36.1. The highest BCUT2D eigenvalue weighted by Gasteiger charge is 2.31. The summed E-state index contributed by atoms with van der Waals surface area (Å²) in [6, 6.07) is 8.20. The topological polar surface area (TPSA) is 94.2 Å². The molecule has 0 spiro atoms. The first-order chi connectivity index (χ1) is 11.7. The molecule has 3 N–H and O–H groups in total. The van der Waals surface area contributed by atoms with E-state index in [1.807, 2.05) is 6.07 Å². The lowest BCUT2D eigenvalue weighted by Gasteiger charge is -2.12. The zero-order valence-corrected chi connectivity index (χ0v) is 15.1. The molecule has 0 aliphatic carbocycles. The second kappa shape index (κ2) is 5.75. The number of nitrogens with zero attached hydrogens (tertiary/aromatic N) is 1. The van der Waals surface area contributed by atoms with Gasteiger partial charge in [0, 0.05) is 11.6 Å². The highest BCUT2D eigenvalue weighted by Crippen LogP contribution is 2.23. The molecule has 1 aromatic heterocycles. The van der Waals surface area contributed by atoms with Crippen molar-refractivity contribution in [1.82, 2.24) is 9.88 Å². The molecule has 2 amide bonds. The van der Waals surface area contributed by atoms with Gasteiger partial charge in [0.2, 0.25) is 0 Å². The van der Waals surface area contributed by atoms with E-state index < -0.39 is 25.4 Å². The van der Waals surface area contributed by atoms with Crippen molar-refractivity contribution < 1.29 is 9.59 Å². The molecule has 1 aliphatic rings. The zero-order valence-electron chi connectivity index (χ0n) is 14.1. The maximum atomic E-state index is 12.4. The number of nitrogen functional groups attached to an aromatic ring is 1. The monoisotopic (exact) mass is 351 g/mol. The van der Waals surface area contributed by atoms with Crippen molar-refractivity contribution in [2.24, 2.45) is 0 Å². The van der Waals surface area contributed by atoms with Gasteiger partial charge in [-0.15, -0.1) is 5.54 Å². The Morgan fingerprint density at radius 3 is 2.48 bits per heavy atom. The van der Waals surface area contributed by atoms with Crippen LogP contribution in [0.4, 0.5) is 5.82 Å². The molecule has 0 saturated carbocycles. The SMILES string of the molecule is C[Si](C)(C)C#Cc1cccc(-n2c(N)c3c(cc2=O)C(=O)NC3=O)c1. The third-order valence-electron chi connectivity index (χ3n) is 3.64. The number of carbonyl (C=O) groups excluding carboxylic acids is 2. The maximum Gasteiger partial charge on any atom is 0.262 e. The fraction of sp³-hybridized carbons (Fsp3) is 0.167. The second-order valence-corrected chi connectivity index (χ2v) is 11.6. The Balaban J connectivity index is 2.17. The molecule has 0 bridgehead atoms. The maximum absolute atomic E-state index is 12.4. The van der Waals surface area contributed by atoms with Crippen molar-refractivity contribution in [3.63, 3.8) is 0 Å². The van der Waals surface area contributed by atoms with Gasteiger partial charge in [0.05, 0.1) is 16.8 Å². The van der Waals surface area contributed by atoms with E-state index in [0.717, 1.165) is 11.6 Å². The molecule has 0 unspecified atom stereocenters. The average Bonchev–Trinajstić information content (AvgIpc) is 2.79. The third kappa shape index (κ3) is 3.12. The number of fused-ring (bicyclic) bond motifs is 1. The molecule has 25 heavy (non-hydrogen) atoms. The predicted molar refractivity (Wildman–Crippen MR) is 98.5 cm³/mol. The molecule has 0 saturated heterocycles. The average molecular weight is 351 g/mol. The molecule has 0 fully saturated rings. The van der Waals surface area contributed by atoms with Crippen LogP contribution in [0.15, 0.2) is 35.1 Å². The van der Waals surface area contributed by atoms with Gasteiger partial charge in [-0.25, -0.2) is 0 Å². The number of hydrogen-bond acceptors (Lipinski definition) is 4. The van der Waals surface area contributed by atoms with Gasteiger partial charge < -0.3 is 5.73 Å². The molecule has 0 radical (unpaired) electrons. The van der Waals surface area contributed by atoms with Crippen LogP contribution in [-0.2, 0) is 0 Å². The highest BCUT2D eigenvalue weighted by atomic mass is 28.3. The van der Waals surface area contributed by atoms with E-state index in [1.54, 1.807) is 18.2 Å². The van der Waals surface area contributed by atoms with Crippen molar-refractivity contribution in [2.75, 3.05) is 5.73 Å². The molecule has 2 heterocycles. The zero-order chi connectivity index (χ0) is 18.4. The molecule has 3 rings (SSSR count). The van der Waals surface area contributed by atoms with E-state index in [1.165, 1.54) is 4.57 Å². The Kier molecular flexibility index (Phi) is 3.85. The lowest BCUT2D eigenvalue weighted by atomic mass is 10.1. The summed E-state index contributed by atoms with van der Waals surface area (Å²) >= 11 is 0. The van der Waals surface area contributed by atoms with Gasteiger partial charge in [0.1, 0.15) is 13.9 Å². The first kappa shape index (κ1) is 16.7. The number of nitrogens with one attached hydrogen (secondary N) is 1. The van der Waals surface area contributed by atoms with E-state index in [9.17, 15) is 14.4 Å². The van der Waals surface area contributed by atoms with Crippen molar-refractivity contribution in [1.29, 1.82) is 0 Å². The summed E-state index contributed by atoms with van der Waals surface area (Å²) in [5.74, 6) is 1.87. The smallest absolute Gasteiger partial charge is 0.262 e. The minimum atomic E-state index is -1.53. The number of imide groups is 1. The molecule has 1 aliphatic heterocycles. The largest absolute Gasteiger partial charge is 0.384 e. The molecule has 1 aromatic carbocycles. The fourth-order valence-electron chi connectivity index (χ4n) is 2.53. The molecule has 6 nitrogen and oxygen atoms in total. The van der Waals surface area contributed by atoms with Crippen LogP contribution in [0.1, 0.15) is 26.3 Å². The molecule has 7 heteroatoms. The number of nitrogens with two attached hydrogens (primary N) is 1. The van der Waals surface area contributed by atoms with Crippen LogP contribution in [-0.4, -0.2) is 24.5 Å².